The quantitative estimate of drug-likeness (QED) is 0.652. The third-order valence-corrected chi connectivity index (χ3v) is 3.70. The molecule has 1 fully saturated rings. The number of anilines is 1. The molecule has 3 N–H and O–H groups in total. The van der Waals surface area contributed by atoms with Gasteiger partial charge >= 0.3 is 0 Å². The van der Waals surface area contributed by atoms with Crippen molar-refractivity contribution >= 4 is 23.1 Å². The fourth-order valence-corrected chi connectivity index (χ4v) is 2.55. The van der Waals surface area contributed by atoms with Gasteiger partial charge in [-0.05, 0) is 31.0 Å². The summed E-state index contributed by atoms with van der Waals surface area (Å²) in [6.07, 6.45) is 2.43. The van der Waals surface area contributed by atoms with Crippen molar-refractivity contribution in [3.63, 3.8) is 0 Å². The maximum absolute atomic E-state index is 7.41. The lowest BCUT2D eigenvalue weighted by Gasteiger charge is -2.33. The van der Waals surface area contributed by atoms with E-state index in [1.807, 2.05) is 18.2 Å². The van der Waals surface area contributed by atoms with Crippen molar-refractivity contribution in [3.05, 3.63) is 28.8 Å². The van der Waals surface area contributed by atoms with Crippen LogP contribution in [0.15, 0.2) is 18.2 Å². The molecule has 0 bridgehead atoms. The second-order valence-electron chi connectivity index (χ2n) is 4.50. The van der Waals surface area contributed by atoms with E-state index in [0.717, 1.165) is 31.6 Å². The molecule has 1 saturated heterocycles. The van der Waals surface area contributed by atoms with Crippen LogP contribution in [0.1, 0.15) is 18.4 Å². The maximum atomic E-state index is 7.41. The number of ether oxygens (including phenoxy) is 1. The lowest BCUT2D eigenvalue weighted by Crippen LogP contribution is -2.36. The summed E-state index contributed by atoms with van der Waals surface area (Å²) >= 11 is 6.13. The molecule has 1 heterocycles. The Balaban J connectivity index is 2.11. The minimum absolute atomic E-state index is 0.00430. The van der Waals surface area contributed by atoms with Gasteiger partial charge < -0.3 is 15.4 Å². The maximum Gasteiger partial charge on any atom is 0.124 e. The standard InChI is InChI=1S/C13H18ClN3O/c1-18-10-4-6-17(7-5-10)9-2-3-11(13(15)16)12(14)8-9/h2-3,8,10H,4-7H2,1H3,(H3,15,16). The van der Waals surface area contributed by atoms with Gasteiger partial charge in [0.1, 0.15) is 5.84 Å². The second-order valence-corrected chi connectivity index (χ2v) is 4.91. The summed E-state index contributed by atoms with van der Waals surface area (Å²) in [5.41, 5.74) is 7.12. The van der Waals surface area contributed by atoms with Crippen LogP contribution in [0.4, 0.5) is 5.69 Å². The van der Waals surface area contributed by atoms with Crippen LogP contribution in [0, 0.1) is 5.41 Å². The van der Waals surface area contributed by atoms with E-state index in [1.165, 1.54) is 0 Å². The van der Waals surface area contributed by atoms with Gasteiger partial charge in [0, 0.05) is 31.5 Å². The first kappa shape index (κ1) is 13.2. The largest absolute Gasteiger partial charge is 0.384 e. The molecule has 0 spiro atoms. The van der Waals surface area contributed by atoms with Crippen LogP contribution in [0.25, 0.3) is 0 Å². The van der Waals surface area contributed by atoms with Crippen LogP contribution < -0.4 is 10.6 Å². The topological polar surface area (TPSA) is 62.3 Å². The molecule has 1 aromatic carbocycles. The second kappa shape index (κ2) is 5.59. The Kier molecular flexibility index (Phi) is 4.09. The van der Waals surface area contributed by atoms with Crippen molar-refractivity contribution in [2.24, 2.45) is 5.73 Å². The lowest BCUT2D eigenvalue weighted by atomic mass is 10.1. The van der Waals surface area contributed by atoms with Crippen LogP contribution in [-0.2, 0) is 4.74 Å². The minimum Gasteiger partial charge on any atom is -0.384 e. The molecule has 5 heteroatoms. The van der Waals surface area contributed by atoms with Gasteiger partial charge in [-0.3, -0.25) is 5.41 Å². The van der Waals surface area contributed by atoms with Gasteiger partial charge in [0.25, 0.3) is 0 Å². The van der Waals surface area contributed by atoms with Gasteiger partial charge in [0.05, 0.1) is 11.1 Å². The molecule has 0 atom stereocenters. The molecule has 98 valence electrons. The zero-order valence-electron chi connectivity index (χ0n) is 10.4. The summed E-state index contributed by atoms with van der Waals surface area (Å²) < 4.78 is 5.35. The number of amidine groups is 1. The molecule has 0 aliphatic carbocycles. The molecule has 4 nitrogen and oxygen atoms in total. The Bertz CT molecular complexity index is 442. The number of nitrogens with zero attached hydrogens (tertiary/aromatic N) is 1. The SMILES string of the molecule is COC1CCN(c2ccc(C(=N)N)c(Cl)c2)CC1. The summed E-state index contributed by atoms with van der Waals surface area (Å²) in [5.74, 6) is 0.00430. The average Bonchev–Trinajstić information content (AvgIpc) is 2.38. The first-order chi connectivity index (χ1) is 8.61. The highest BCUT2D eigenvalue weighted by molar-refractivity contribution is 6.34. The zero-order chi connectivity index (χ0) is 13.1. The summed E-state index contributed by atoms with van der Waals surface area (Å²) in [4.78, 5) is 2.28. The molecule has 1 aromatic rings. The highest BCUT2D eigenvalue weighted by Crippen LogP contribution is 2.26. The number of piperidine rings is 1. The van der Waals surface area contributed by atoms with Crippen LogP contribution >= 0.6 is 11.6 Å². The molecular weight excluding hydrogens is 250 g/mol. The van der Waals surface area contributed by atoms with Crippen molar-refractivity contribution < 1.29 is 4.74 Å². The number of hydrogen-bond acceptors (Lipinski definition) is 3. The van der Waals surface area contributed by atoms with Gasteiger partial charge in [-0.2, -0.15) is 0 Å². The zero-order valence-corrected chi connectivity index (χ0v) is 11.2. The lowest BCUT2D eigenvalue weighted by molar-refractivity contribution is 0.0819. The van der Waals surface area contributed by atoms with Crippen molar-refractivity contribution in [3.8, 4) is 0 Å². The predicted molar refractivity (Wildman–Crippen MR) is 74.7 cm³/mol. The van der Waals surface area contributed by atoms with Crippen molar-refractivity contribution in [1.82, 2.24) is 0 Å². The van der Waals surface area contributed by atoms with Gasteiger partial charge in [-0.1, -0.05) is 11.6 Å². The molecule has 0 saturated carbocycles. The number of halogens is 1. The minimum atomic E-state index is 0.00430. The van der Waals surface area contributed by atoms with E-state index < -0.39 is 0 Å². The monoisotopic (exact) mass is 267 g/mol. The molecule has 18 heavy (non-hydrogen) atoms. The number of hydrogen-bond donors (Lipinski definition) is 2. The van der Waals surface area contributed by atoms with Crippen molar-refractivity contribution in [2.75, 3.05) is 25.1 Å². The van der Waals surface area contributed by atoms with Gasteiger partial charge in [0.15, 0.2) is 0 Å². The highest BCUT2D eigenvalue weighted by Gasteiger charge is 2.19. The Hall–Kier alpha value is -1.26. The van der Waals surface area contributed by atoms with Gasteiger partial charge in [-0.25, -0.2) is 0 Å². The molecule has 0 amide bonds. The summed E-state index contributed by atoms with van der Waals surface area (Å²) in [6, 6.07) is 5.66. The average molecular weight is 268 g/mol. The third-order valence-electron chi connectivity index (χ3n) is 3.38. The predicted octanol–water partition coefficient (Wildman–Crippen LogP) is 2.24. The number of methoxy groups -OCH3 is 1. The highest BCUT2D eigenvalue weighted by atomic mass is 35.5. The van der Waals surface area contributed by atoms with Crippen molar-refractivity contribution in [2.45, 2.75) is 18.9 Å². The fourth-order valence-electron chi connectivity index (χ4n) is 2.27. The molecule has 0 aromatic heterocycles. The third kappa shape index (κ3) is 2.76. The van der Waals surface area contributed by atoms with Crippen LogP contribution in [0.2, 0.25) is 5.02 Å². The first-order valence-electron chi connectivity index (χ1n) is 6.03. The van der Waals surface area contributed by atoms with E-state index in [2.05, 4.69) is 4.90 Å². The summed E-state index contributed by atoms with van der Waals surface area (Å²) in [5, 5.41) is 7.94. The Morgan fingerprint density at radius 2 is 2.11 bits per heavy atom. The molecule has 1 aliphatic rings. The van der Waals surface area contributed by atoms with E-state index in [-0.39, 0.29) is 5.84 Å². The molecule has 2 rings (SSSR count). The van der Waals surface area contributed by atoms with E-state index in [4.69, 9.17) is 27.5 Å². The van der Waals surface area contributed by atoms with E-state index in [9.17, 15) is 0 Å². The van der Waals surface area contributed by atoms with Gasteiger partial charge in [-0.15, -0.1) is 0 Å². The normalized spacial score (nSPS) is 16.9. The van der Waals surface area contributed by atoms with Crippen LogP contribution in [0.3, 0.4) is 0 Å². The number of nitrogens with one attached hydrogen (secondary N) is 1. The number of rotatable bonds is 3. The van der Waals surface area contributed by atoms with Crippen molar-refractivity contribution in [1.29, 1.82) is 5.41 Å². The molecular formula is C13H18ClN3O. The number of benzene rings is 1. The molecule has 1 aliphatic heterocycles. The van der Waals surface area contributed by atoms with E-state index in [0.29, 0.717) is 16.7 Å². The number of nitrogen functional groups attached to an aromatic ring is 1. The fraction of sp³-hybridized carbons (Fsp3) is 0.462. The van der Waals surface area contributed by atoms with Gasteiger partial charge in [0.2, 0.25) is 0 Å². The summed E-state index contributed by atoms with van der Waals surface area (Å²) in [7, 11) is 1.76. The Morgan fingerprint density at radius 1 is 1.44 bits per heavy atom. The van der Waals surface area contributed by atoms with Crippen LogP contribution in [-0.4, -0.2) is 32.1 Å². The Labute approximate surface area is 112 Å². The molecule has 0 unspecified atom stereocenters. The van der Waals surface area contributed by atoms with Crippen LogP contribution in [0.5, 0.6) is 0 Å². The molecule has 0 radical (unpaired) electrons. The Morgan fingerprint density at radius 3 is 2.61 bits per heavy atom. The summed E-state index contributed by atoms with van der Waals surface area (Å²) in [6.45, 7) is 1.93. The first-order valence-corrected chi connectivity index (χ1v) is 6.41. The van der Waals surface area contributed by atoms with E-state index >= 15 is 0 Å². The van der Waals surface area contributed by atoms with E-state index in [1.54, 1.807) is 7.11 Å². The number of nitrogens with two attached hydrogens (primary N) is 1. The smallest absolute Gasteiger partial charge is 0.124 e.